The van der Waals surface area contributed by atoms with Crippen molar-refractivity contribution < 1.29 is 50.4 Å². The number of ether oxygens (including phenoxy) is 1. The number of carbonyl (C=O) groups excluding carboxylic acids is 1. The van der Waals surface area contributed by atoms with E-state index in [1.807, 2.05) is 39.5 Å². The Morgan fingerprint density at radius 1 is 0.746 bits per heavy atom. The summed E-state index contributed by atoms with van der Waals surface area (Å²) in [6.07, 6.45) is 2.08. The molecule has 67 heavy (non-hydrogen) atoms. The number of aliphatic carboxylic acids is 1. The van der Waals surface area contributed by atoms with Crippen molar-refractivity contribution in [3.8, 4) is 11.9 Å². The van der Waals surface area contributed by atoms with Crippen LogP contribution in [0.3, 0.4) is 0 Å². The number of carboxylic acids is 1. The number of carbonyl (C=O) groups is 2. The number of carboxylic acid groups (broad SMARTS) is 1. The molecule has 0 spiro atoms. The average Bonchev–Trinajstić information content (AvgIpc) is 4.12. The Labute approximate surface area is 383 Å². The van der Waals surface area contributed by atoms with Crippen molar-refractivity contribution in [3.05, 3.63) is 71.2 Å². The van der Waals surface area contributed by atoms with Crippen LogP contribution >= 0.6 is 0 Å². The number of amides is 1. The smallest absolute Gasteiger partial charge is 0.475 e. The molecule has 0 atom stereocenters. The number of fused-ring (bicyclic) bond motifs is 2. The van der Waals surface area contributed by atoms with Crippen molar-refractivity contribution in [1.82, 2.24) is 55.0 Å². The molecule has 0 aliphatic carbocycles. The van der Waals surface area contributed by atoms with Crippen LogP contribution in [0.2, 0.25) is 0 Å². The van der Waals surface area contributed by atoms with Crippen molar-refractivity contribution in [3.63, 3.8) is 0 Å². The Balaban J connectivity index is 0.000000188. The van der Waals surface area contributed by atoms with Gasteiger partial charge in [0.1, 0.15) is 17.2 Å². The number of aryl methyl sites for hydroxylation is 2. The lowest BCUT2D eigenvalue weighted by Crippen LogP contribution is -2.44. The van der Waals surface area contributed by atoms with Gasteiger partial charge in [-0.25, -0.2) is 18.4 Å². The summed E-state index contributed by atoms with van der Waals surface area (Å²) in [5.74, 6) is -0.320. The van der Waals surface area contributed by atoms with Crippen LogP contribution in [0, 0.1) is 17.6 Å². The molecule has 3 aliphatic rings. The van der Waals surface area contributed by atoms with Crippen molar-refractivity contribution in [2.75, 3.05) is 45.8 Å². The van der Waals surface area contributed by atoms with Crippen LogP contribution in [0.1, 0.15) is 108 Å². The maximum atomic E-state index is 13.9. The van der Waals surface area contributed by atoms with Crippen molar-refractivity contribution >= 4 is 33.9 Å². The zero-order valence-corrected chi connectivity index (χ0v) is 38.2. The highest BCUT2D eigenvalue weighted by Gasteiger charge is 2.38. The number of hydrogen-bond acceptors (Lipinski definition) is 13. The van der Waals surface area contributed by atoms with E-state index in [0.29, 0.717) is 40.6 Å². The van der Waals surface area contributed by atoms with E-state index >= 15 is 0 Å². The summed E-state index contributed by atoms with van der Waals surface area (Å²) in [6, 6.07) is 9.33. The molecule has 3 aliphatic heterocycles. The first-order valence-electron chi connectivity index (χ1n) is 22.6. The summed E-state index contributed by atoms with van der Waals surface area (Å²) in [4.78, 5) is 34.7. The van der Waals surface area contributed by atoms with Gasteiger partial charge in [-0.1, -0.05) is 13.8 Å². The van der Waals surface area contributed by atoms with Gasteiger partial charge in [-0.2, -0.15) is 42.7 Å². The molecule has 362 valence electrons. The number of benzene rings is 2. The van der Waals surface area contributed by atoms with Crippen LogP contribution < -0.4 is 5.32 Å². The fraction of sp³-hybridized carbons (Fsp3) is 0.556. The van der Waals surface area contributed by atoms with E-state index in [1.54, 1.807) is 21.5 Å². The summed E-state index contributed by atoms with van der Waals surface area (Å²) in [6.45, 7) is 16.2. The van der Waals surface area contributed by atoms with Crippen LogP contribution in [0.4, 0.5) is 26.7 Å². The molecule has 0 radical (unpaired) electrons. The molecule has 0 saturated carbocycles. The molecular formula is C45H56F5N11O6. The molecule has 6 aromatic rings. The topological polar surface area (TPSA) is 196 Å². The molecule has 0 bridgehead atoms. The second-order valence-corrected chi connectivity index (χ2v) is 17.9. The monoisotopic (exact) mass is 941 g/mol. The van der Waals surface area contributed by atoms with Crippen LogP contribution in [-0.2, 0) is 22.4 Å². The van der Waals surface area contributed by atoms with E-state index in [1.165, 1.54) is 24.3 Å². The number of piperidine rings is 3. The third-order valence-corrected chi connectivity index (χ3v) is 12.0. The van der Waals surface area contributed by atoms with Gasteiger partial charge < -0.3 is 34.0 Å². The lowest BCUT2D eigenvalue weighted by molar-refractivity contribution is -0.192. The molecule has 4 aromatic heterocycles. The third-order valence-electron chi connectivity index (χ3n) is 12.0. The fourth-order valence-electron chi connectivity index (χ4n) is 8.51. The van der Waals surface area contributed by atoms with Gasteiger partial charge in [0.25, 0.3) is 11.9 Å². The van der Waals surface area contributed by atoms with Gasteiger partial charge in [0.2, 0.25) is 11.8 Å². The van der Waals surface area contributed by atoms with E-state index in [-0.39, 0.29) is 29.6 Å². The van der Waals surface area contributed by atoms with Gasteiger partial charge in [0.05, 0.1) is 22.4 Å². The van der Waals surface area contributed by atoms with Gasteiger partial charge in [-0.05, 0) is 139 Å². The standard InChI is InChI=1S/C27H37FN6O3.C16H18FN5O.C2HF3O2/c1-5-22-21-7-6-20(28)16-23(21)34(30-22)25-29-24(37-31-25)19-10-12-32(13-11-19)17-18-8-14-33(15-9-18)26(35)36-27(2,3)4;1-2-13-12-4-3-11(17)9-14(12)22(20-13)16-19-15(23-21-16)10-5-7-18-8-6-10;3-2(4,5)1(6)7/h6-7,16,18-19H,5,8-15,17H2,1-4H3;3-4,9-10,18H,2,5-8H2,1H3;(H,6,7). The van der Waals surface area contributed by atoms with Gasteiger partial charge in [-0.15, -0.1) is 0 Å². The number of aromatic nitrogens is 8. The van der Waals surface area contributed by atoms with Gasteiger partial charge >= 0.3 is 18.2 Å². The molecule has 3 fully saturated rings. The third kappa shape index (κ3) is 12.1. The summed E-state index contributed by atoms with van der Waals surface area (Å²) in [7, 11) is 0. The molecule has 2 N–H and O–H groups in total. The number of likely N-dealkylation sites (tertiary alicyclic amines) is 2. The fourth-order valence-corrected chi connectivity index (χ4v) is 8.51. The molecule has 0 unspecified atom stereocenters. The van der Waals surface area contributed by atoms with Crippen molar-refractivity contribution in [1.29, 1.82) is 0 Å². The zero-order chi connectivity index (χ0) is 48.0. The van der Waals surface area contributed by atoms with E-state index in [4.69, 9.17) is 23.7 Å². The molecule has 3 saturated heterocycles. The highest BCUT2D eigenvalue weighted by Crippen LogP contribution is 2.31. The maximum Gasteiger partial charge on any atom is 0.490 e. The number of halogens is 5. The second-order valence-electron chi connectivity index (χ2n) is 17.9. The van der Waals surface area contributed by atoms with Gasteiger partial charge in [-0.3, -0.25) is 0 Å². The van der Waals surface area contributed by atoms with Crippen LogP contribution in [0.5, 0.6) is 0 Å². The quantitative estimate of drug-likeness (QED) is 0.139. The number of nitrogens with zero attached hydrogens (tertiary/aromatic N) is 10. The van der Waals surface area contributed by atoms with Crippen LogP contribution in [-0.4, -0.2) is 124 Å². The molecule has 7 heterocycles. The first kappa shape index (κ1) is 48.9. The first-order chi connectivity index (χ1) is 31.9. The summed E-state index contributed by atoms with van der Waals surface area (Å²) in [5, 5.41) is 29.6. The van der Waals surface area contributed by atoms with Crippen molar-refractivity contribution in [2.24, 2.45) is 5.92 Å². The second kappa shape index (κ2) is 20.9. The predicted molar refractivity (Wildman–Crippen MR) is 234 cm³/mol. The highest BCUT2D eigenvalue weighted by atomic mass is 19.4. The average molecular weight is 942 g/mol. The van der Waals surface area contributed by atoms with E-state index in [9.17, 15) is 26.7 Å². The zero-order valence-electron chi connectivity index (χ0n) is 38.2. The van der Waals surface area contributed by atoms with E-state index in [0.717, 1.165) is 119 Å². The van der Waals surface area contributed by atoms with Crippen LogP contribution in [0.25, 0.3) is 33.7 Å². The van der Waals surface area contributed by atoms with Crippen LogP contribution in [0.15, 0.2) is 45.4 Å². The molecule has 1 amide bonds. The lowest BCUT2D eigenvalue weighted by Gasteiger charge is -2.37. The number of hydrogen-bond donors (Lipinski definition) is 2. The minimum absolute atomic E-state index is 0.204. The summed E-state index contributed by atoms with van der Waals surface area (Å²) >= 11 is 0. The minimum atomic E-state index is -5.08. The normalized spacial score (nSPS) is 17.0. The summed E-state index contributed by atoms with van der Waals surface area (Å²) in [5.41, 5.74) is 2.64. The molecule has 17 nitrogen and oxygen atoms in total. The molecular weight excluding hydrogens is 886 g/mol. The van der Waals surface area contributed by atoms with E-state index < -0.39 is 17.7 Å². The largest absolute Gasteiger partial charge is 0.490 e. The predicted octanol–water partition coefficient (Wildman–Crippen LogP) is 8.15. The minimum Gasteiger partial charge on any atom is -0.475 e. The van der Waals surface area contributed by atoms with Gasteiger partial charge in [0, 0.05) is 54.4 Å². The highest BCUT2D eigenvalue weighted by molar-refractivity contribution is 5.84. The van der Waals surface area contributed by atoms with E-state index in [2.05, 4.69) is 40.7 Å². The molecule has 2 aromatic carbocycles. The Morgan fingerprint density at radius 2 is 1.21 bits per heavy atom. The summed E-state index contributed by atoms with van der Waals surface area (Å²) < 4.78 is 79.1. The Kier molecular flexibility index (Phi) is 15.2. The number of alkyl halides is 3. The number of nitrogens with one attached hydrogen (secondary N) is 1. The Hall–Kier alpha value is -6.03. The SMILES string of the molecule is CCc1nn(-c2noc(C3CCN(CC4CCN(C(=O)OC(C)(C)C)CC4)CC3)n2)c2cc(F)ccc12.CCc1nn(-c2noc(C3CCNCC3)n2)c2cc(F)ccc12.O=C(O)C(F)(F)F. The molecule has 22 heteroatoms. The van der Waals surface area contributed by atoms with Crippen molar-refractivity contribution in [2.45, 2.75) is 110 Å². The lowest BCUT2D eigenvalue weighted by atomic mass is 9.93. The van der Waals surface area contributed by atoms with Gasteiger partial charge in [0.15, 0.2) is 0 Å². The molecule has 9 rings (SSSR count). The maximum absolute atomic E-state index is 13.9. The number of rotatable bonds is 8. The Bertz CT molecular complexity index is 2610. The Morgan fingerprint density at radius 3 is 1.64 bits per heavy atom. The first-order valence-corrected chi connectivity index (χ1v) is 22.6.